The standard InChI is InChI=1S/C19H18F3N5O/c20-19(21,22)13-5-6-17(23-9-13)26-8-7-14(10-26)25-18(28)11-27-12-24-15-3-1-2-4-16(15)27/h1-6,9,12,14H,7-8,10-11H2,(H,25,28). The molecule has 6 nitrogen and oxygen atoms in total. The van der Waals surface area contributed by atoms with Gasteiger partial charge in [-0.05, 0) is 30.7 Å². The molecule has 4 rings (SSSR count). The summed E-state index contributed by atoms with van der Waals surface area (Å²) in [6.45, 7) is 1.29. The topological polar surface area (TPSA) is 63.1 Å². The van der Waals surface area contributed by atoms with E-state index in [0.717, 1.165) is 23.3 Å². The Bertz CT molecular complexity index is 983. The molecular weight excluding hydrogens is 371 g/mol. The number of carbonyl (C=O) groups excluding carboxylic acids is 1. The lowest BCUT2D eigenvalue weighted by molar-refractivity contribution is -0.137. The summed E-state index contributed by atoms with van der Waals surface area (Å²) in [7, 11) is 0. The molecule has 1 unspecified atom stereocenters. The molecule has 0 radical (unpaired) electrons. The van der Waals surface area contributed by atoms with Crippen LogP contribution in [0.15, 0.2) is 48.9 Å². The normalized spacial score (nSPS) is 17.2. The summed E-state index contributed by atoms with van der Waals surface area (Å²) in [6, 6.07) is 9.89. The molecule has 0 saturated carbocycles. The van der Waals surface area contributed by atoms with E-state index in [-0.39, 0.29) is 18.5 Å². The van der Waals surface area contributed by atoms with Crippen LogP contribution in [0.2, 0.25) is 0 Å². The Morgan fingerprint density at radius 2 is 2.00 bits per heavy atom. The van der Waals surface area contributed by atoms with Gasteiger partial charge in [-0.15, -0.1) is 0 Å². The van der Waals surface area contributed by atoms with Crippen molar-refractivity contribution in [3.63, 3.8) is 0 Å². The van der Waals surface area contributed by atoms with Gasteiger partial charge in [0.1, 0.15) is 12.4 Å². The molecule has 3 aromatic rings. The number of amides is 1. The average molecular weight is 389 g/mol. The summed E-state index contributed by atoms with van der Waals surface area (Å²) in [5.74, 6) is 0.348. The van der Waals surface area contributed by atoms with Gasteiger partial charge in [-0.25, -0.2) is 9.97 Å². The molecule has 2 aromatic heterocycles. The van der Waals surface area contributed by atoms with Crippen LogP contribution < -0.4 is 10.2 Å². The second-order valence-electron chi connectivity index (χ2n) is 6.76. The molecule has 146 valence electrons. The van der Waals surface area contributed by atoms with Crippen molar-refractivity contribution in [2.24, 2.45) is 0 Å². The molecule has 1 atom stereocenters. The Labute approximate surface area is 159 Å². The molecule has 3 heterocycles. The van der Waals surface area contributed by atoms with E-state index >= 15 is 0 Å². The molecule has 0 spiro atoms. The predicted octanol–water partition coefficient (Wildman–Crippen LogP) is 2.85. The van der Waals surface area contributed by atoms with Crippen molar-refractivity contribution in [3.8, 4) is 0 Å². The van der Waals surface area contributed by atoms with Crippen LogP contribution in [-0.2, 0) is 17.5 Å². The van der Waals surface area contributed by atoms with Crippen molar-refractivity contribution in [3.05, 3.63) is 54.5 Å². The third kappa shape index (κ3) is 3.78. The maximum absolute atomic E-state index is 12.6. The van der Waals surface area contributed by atoms with Crippen molar-refractivity contribution >= 4 is 22.8 Å². The van der Waals surface area contributed by atoms with Gasteiger partial charge >= 0.3 is 6.18 Å². The van der Waals surface area contributed by atoms with Gasteiger partial charge < -0.3 is 14.8 Å². The summed E-state index contributed by atoms with van der Waals surface area (Å²) < 4.78 is 39.7. The van der Waals surface area contributed by atoms with E-state index in [1.165, 1.54) is 6.07 Å². The zero-order chi connectivity index (χ0) is 19.7. The van der Waals surface area contributed by atoms with E-state index in [0.29, 0.717) is 25.3 Å². The Kier molecular flexibility index (Phi) is 4.66. The minimum atomic E-state index is -4.40. The number of benzene rings is 1. The van der Waals surface area contributed by atoms with Gasteiger partial charge in [0.2, 0.25) is 5.91 Å². The number of alkyl halides is 3. The molecule has 1 fully saturated rings. The highest BCUT2D eigenvalue weighted by Crippen LogP contribution is 2.29. The fraction of sp³-hybridized carbons (Fsp3) is 0.316. The maximum atomic E-state index is 12.6. The lowest BCUT2D eigenvalue weighted by Crippen LogP contribution is -2.39. The average Bonchev–Trinajstić information content (AvgIpc) is 3.29. The number of hydrogen-bond acceptors (Lipinski definition) is 4. The zero-order valence-corrected chi connectivity index (χ0v) is 14.9. The van der Waals surface area contributed by atoms with Crippen LogP contribution in [0, 0.1) is 0 Å². The number of carbonyl (C=O) groups is 1. The summed E-state index contributed by atoms with van der Waals surface area (Å²) in [4.78, 5) is 22.4. The number of rotatable bonds is 4. The molecule has 1 N–H and O–H groups in total. The van der Waals surface area contributed by atoms with E-state index in [1.54, 1.807) is 10.9 Å². The van der Waals surface area contributed by atoms with E-state index in [2.05, 4.69) is 15.3 Å². The number of imidazole rings is 1. The third-order valence-electron chi connectivity index (χ3n) is 4.79. The van der Waals surface area contributed by atoms with Crippen molar-refractivity contribution in [1.82, 2.24) is 19.9 Å². The quantitative estimate of drug-likeness (QED) is 0.745. The molecule has 1 aromatic carbocycles. The lowest BCUT2D eigenvalue weighted by atomic mass is 10.2. The van der Waals surface area contributed by atoms with Gasteiger partial charge in [0, 0.05) is 25.3 Å². The largest absolute Gasteiger partial charge is 0.417 e. The Hall–Kier alpha value is -3.10. The van der Waals surface area contributed by atoms with Gasteiger partial charge in [0.15, 0.2) is 0 Å². The predicted molar refractivity (Wildman–Crippen MR) is 97.7 cm³/mol. The van der Waals surface area contributed by atoms with Gasteiger partial charge in [0.25, 0.3) is 0 Å². The highest BCUT2D eigenvalue weighted by Gasteiger charge is 2.31. The molecule has 1 aliphatic rings. The van der Waals surface area contributed by atoms with Gasteiger partial charge in [-0.2, -0.15) is 13.2 Å². The molecule has 0 bridgehead atoms. The van der Waals surface area contributed by atoms with Crippen molar-refractivity contribution in [2.75, 3.05) is 18.0 Å². The molecule has 1 amide bonds. The molecular formula is C19H18F3N5O. The second kappa shape index (κ2) is 7.14. The van der Waals surface area contributed by atoms with Gasteiger partial charge in [-0.3, -0.25) is 4.79 Å². The Morgan fingerprint density at radius 3 is 2.75 bits per heavy atom. The van der Waals surface area contributed by atoms with Crippen LogP contribution in [0.1, 0.15) is 12.0 Å². The third-order valence-corrected chi connectivity index (χ3v) is 4.79. The first-order valence-corrected chi connectivity index (χ1v) is 8.87. The smallest absolute Gasteiger partial charge is 0.354 e. The van der Waals surface area contributed by atoms with Crippen LogP contribution in [0.3, 0.4) is 0 Å². The highest BCUT2D eigenvalue weighted by atomic mass is 19.4. The SMILES string of the molecule is O=C(Cn1cnc2ccccc21)NC1CCN(c2ccc(C(F)(F)F)cn2)C1. The van der Waals surface area contributed by atoms with Crippen LogP contribution in [-0.4, -0.2) is 39.6 Å². The Morgan fingerprint density at radius 1 is 1.18 bits per heavy atom. The number of pyridine rings is 1. The first kappa shape index (κ1) is 18.3. The minimum Gasteiger partial charge on any atom is -0.354 e. The maximum Gasteiger partial charge on any atom is 0.417 e. The van der Waals surface area contributed by atoms with E-state index in [1.807, 2.05) is 29.2 Å². The second-order valence-corrected chi connectivity index (χ2v) is 6.76. The highest BCUT2D eigenvalue weighted by molar-refractivity contribution is 5.80. The summed E-state index contributed by atoms with van der Waals surface area (Å²) >= 11 is 0. The number of nitrogens with zero attached hydrogens (tertiary/aromatic N) is 4. The summed E-state index contributed by atoms with van der Waals surface area (Å²) in [6.07, 6.45) is -1.22. The van der Waals surface area contributed by atoms with E-state index < -0.39 is 11.7 Å². The summed E-state index contributed by atoms with van der Waals surface area (Å²) in [5.41, 5.74) is 0.947. The first-order chi connectivity index (χ1) is 13.4. The summed E-state index contributed by atoms with van der Waals surface area (Å²) in [5, 5.41) is 2.98. The van der Waals surface area contributed by atoms with Crippen LogP contribution in [0.4, 0.5) is 19.0 Å². The number of aromatic nitrogens is 3. The molecule has 9 heteroatoms. The monoisotopic (exact) mass is 389 g/mol. The van der Waals surface area contributed by atoms with Crippen LogP contribution >= 0.6 is 0 Å². The number of halogens is 3. The minimum absolute atomic E-state index is 0.0774. The molecule has 1 saturated heterocycles. The number of fused-ring (bicyclic) bond motifs is 1. The van der Waals surface area contributed by atoms with Crippen molar-refractivity contribution in [1.29, 1.82) is 0 Å². The van der Waals surface area contributed by atoms with Crippen LogP contribution in [0.5, 0.6) is 0 Å². The molecule has 1 aliphatic heterocycles. The fourth-order valence-electron chi connectivity index (χ4n) is 3.39. The van der Waals surface area contributed by atoms with Crippen LogP contribution in [0.25, 0.3) is 11.0 Å². The lowest BCUT2D eigenvalue weighted by Gasteiger charge is -2.18. The number of hydrogen-bond donors (Lipinski definition) is 1. The zero-order valence-electron chi connectivity index (χ0n) is 14.9. The Balaban J connectivity index is 1.35. The first-order valence-electron chi connectivity index (χ1n) is 8.87. The fourth-order valence-corrected chi connectivity index (χ4v) is 3.39. The molecule has 0 aliphatic carbocycles. The number of para-hydroxylation sites is 2. The van der Waals surface area contributed by atoms with Gasteiger partial charge in [-0.1, -0.05) is 12.1 Å². The number of nitrogens with one attached hydrogen (secondary N) is 1. The number of anilines is 1. The molecule has 28 heavy (non-hydrogen) atoms. The van der Waals surface area contributed by atoms with Gasteiger partial charge in [0.05, 0.1) is 22.9 Å². The van der Waals surface area contributed by atoms with E-state index in [9.17, 15) is 18.0 Å². The van der Waals surface area contributed by atoms with Crippen molar-refractivity contribution in [2.45, 2.75) is 25.2 Å². The van der Waals surface area contributed by atoms with E-state index in [4.69, 9.17) is 0 Å². The van der Waals surface area contributed by atoms with Crippen molar-refractivity contribution < 1.29 is 18.0 Å².